The number of hydrogen-bond donors (Lipinski definition) is 1. The van der Waals surface area contributed by atoms with Crippen molar-refractivity contribution in [1.82, 2.24) is 0 Å². The first kappa shape index (κ1) is 14.7. The van der Waals surface area contributed by atoms with Crippen LogP contribution in [0.4, 0.5) is 10.1 Å². The van der Waals surface area contributed by atoms with Gasteiger partial charge in [0.25, 0.3) is 0 Å². The zero-order valence-electron chi connectivity index (χ0n) is 11.0. The van der Waals surface area contributed by atoms with E-state index in [0.29, 0.717) is 25.5 Å². The molecule has 0 atom stereocenters. The van der Waals surface area contributed by atoms with Crippen LogP contribution in [0.1, 0.15) is 5.56 Å². The van der Waals surface area contributed by atoms with E-state index in [1.165, 1.54) is 12.1 Å². The van der Waals surface area contributed by atoms with Crippen LogP contribution in [0.5, 0.6) is 11.5 Å². The second-order valence-electron chi connectivity index (χ2n) is 4.56. The molecule has 6 heteroatoms. The minimum absolute atomic E-state index is 0.253. The first-order valence-electron chi connectivity index (χ1n) is 6.40. The van der Waals surface area contributed by atoms with Crippen molar-refractivity contribution in [3.63, 3.8) is 0 Å². The number of nitrogens with one attached hydrogen (secondary N) is 1. The monoisotopic (exact) mass is 415 g/mol. The predicted octanol–water partition coefficient (Wildman–Crippen LogP) is 4.73. The number of benzene rings is 2. The lowest BCUT2D eigenvalue weighted by molar-refractivity contribution is 0.171. The highest BCUT2D eigenvalue weighted by Crippen LogP contribution is 2.38. The first-order chi connectivity index (χ1) is 10.1. The quantitative estimate of drug-likeness (QED) is 0.784. The molecule has 2 aromatic rings. The zero-order chi connectivity index (χ0) is 14.8. The van der Waals surface area contributed by atoms with Gasteiger partial charge in [-0.3, -0.25) is 0 Å². The predicted molar refractivity (Wildman–Crippen MR) is 86.6 cm³/mol. The van der Waals surface area contributed by atoms with Gasteiger partial charge in [0.2, 0.25) is 0 Å². The van der Waals surface area contributed by atoms with Crippen LogP contribution < -0.4 is 14.8 Å². The molecule has 0 aromatic heterocycles. The van der Waals surface area contributed by atoms with Crippen molar-refractivity contribution in [2.45, 2.75) is 6.54 Å². The van der Waals surface area contributed by atoms with Gasteiger partial charge in [0.1, 0.15) is 19.0 Å². The van der Waals surface area contributed by atoms with E-state index in [0.717, 1.165) is 25.9 Å². The molecule has 3 rings (SSSR count). The van der Waals surface area contributed by atoms with E-state index in [4.69, 9.17) is 9.47 Å². The van der Waals surface area contributed by atoms with Gasteiger partial charge in [-0.05, 0) is 39.7 Å². The Morgan fingerprint density at radius 1 is 1.00 bits per heavy atom. The van der Waals surface area contributed by atoms with Crippen molar-refractivity contribution in [2.24, 2.45) is 0 Å². The Morgan fingerprint density at radius 2 is 1.71 bits per heavy atom. The summed E-state index contributed by atoms with van der Waals surface area (Å²) in [6, 6.07) is 8.38. The van der Waals surface area contributed by atoms with Gasteiger partial charge in [0, 0.05) is 27.6 Å². The largest absolute Gasteiger partial charge is 0.486 e. The molecule has 0 radical (unpaired) electrons. The fourth-order valence-corrected chi connectivity index (χ4v) is 2.92. The van der Waals surface area contributed by atoms with Crippen LogP contribution in [0.2, 0.25) is 0 Å². The molecule has 110 valence electrons. The average molecular weight is 417 g/mol. The van der Waals surface area contributed by atoms with Crippen LogP contribution in [-0.2, 0) is 6.54 Å². The molecule has 0 aliphatic carbocycles. The topological polar surface area (TPSA) is 30.5 Å². The van der Waals surface area contributed by atoms with Gasteiger partial charge in [-0.15, -0.1) is 0 Å². The summed E-state index contributed by atoms with van der Waals surface area (Å²) in [6.45, 7) is 1.60. The van der Waals surface area contributed by atoms with E-state index in [2.05, 4.69) is 37.2 Å². The lowest BCUT2D eigenvalue weighted by atomic mass is 10.2. The molecular formula is C15H12Br2FNO2. The van der Waals surface area contributed by atoms with Crippen LogP contribution in [0.25, 0.3) is 0 Å². The number of halogens is 3. The third kappa shape index (κ3) is 3.32. The molecule has 0 spiro atoms. The highest BCUT2D eigenvalue weighted by atomic mass is 79.9. The third-order valence-electron chi connectivity index (χ3n) is 3.11. The highest BCUT2D eigenvalue weighted by molar-refractivity contribution is 9.11. The van der Waals surface area contributed by atoms with Crippen molar-refractivity contribution < 1.29 is 13.9 Å². The maximum absolute atomic E-state index is 13.3. The molecule has 1 aliphatic rings. The summed E-state index contributed by atoms with van der Waals surface area (Å²) in [5, 5.41) is 3.27. The van der Waals surface area contributed by atoms with Crippen LogP contribution in [0.3, 0.4) is 0 Å². The molecular weight excluding hydrogens is 405 g/mol. The normalized spacial score (nSPS) is 13.1. The van der Waals surface area contributed by atoms with Gasteiger partial charge in [-0.2, -0.15) is 0 Å². The highest BCUT2D eigenvalue weighted by Gasteiger charge is 2.15. The maximum Gasteiger partial charge on any atom is 0.163 e. The lowest BCUT2D eigenvalue weighted by Crippen LogP contribution is -2.15. The summed E-state index contributed by atoms with van der Waals surface area (Å²) in [7, 11) is 0. The molecule has 1 heterocycles. The molecule has 0 saturated carbocycles. The van der Waals surface area contributed by atoms with Gasteiger partial charge in [-0.25, -0.2) is 4.39 Å². The van der Waals surface area contributed by atoms with Crippen LogP contribution >= 0.6 is 31.9 Å². The molecule has 1 aliphatic heterocycles. The number of rotatable bonds is 3. The Morgan fingerprint density at radius 3 is 2.48 bits per heavy atom. The SMILES string of the molecule is Fc1ccc(Br)c(CNc2cc3c(cc2Br)OCCO3)c1. The van der Waals surface area contributed by atoms with E-state index >= 15 is 0 Å². The smallest absolute Gasteiger partial charge is 0.163 e. The molecule has 2 aromatic carbocycles. The van der Waals surface area contributed by atoms with Crippen molar-refractivity contribution in [1.29, 1.82) is 0 Å². The van der Waals surface area contributed by atoms with Crippen molar-refractivity contribution in [3.05, 3.63) is 50.7 Å². The Bertz CT molecular complexity index is 679. The summed E-state index contributed by atoms with van der Waals surface area (Å²) in [6.07, 6.45) is 0. The molecule has 0 amide bonds. The second-order valence-corrected chi connectivity index (χ2v) is 6.27. The van der Waals surface area contributed by atoms with E-state index in [1.54, 1.807) is 6.07 Å². The van der Waals surface area contributed by atoms with Crippen LogP contribution in [-0.4, -0.2) is 13.2 Å². The van der Waals surface area contributed by atoms with E-state index < -0.39 is 0 Å². The Balaban J connectivity index is 1.80. The molecule has 0 bridgehead atoms. The minimum atomic E-state index is -0.253. The average Bonchev–Trinajstić information content (AvgIpc) is 2.48. The summed E-state index contributed by atoms with van der Waals surface area (Å²) in [5.74, 6) is 1.19. The standard InChI is InChI=1S/C15H12Br2FNO2/c16-11-2-1-10(18)5-9(11)8-19-13-7-15-14(6-12(13)17)20-3-4-21-15/h1-2,5-7,19H,3-4,8H2. The van der Waals surface area contributed by atoms with Gasteiger partial charge in [-0.1, -0.05) is 15.9 Å². The second kappa shape index (κ2) is 6.23. The molecule has 21 heavy (non-hydrogen) atoms. The summed E-state index contributed by atoms with van der Waals surface area (Å²) < 4.78 is 26.1. The fraction of sp³-hybridized carbons (Fsp3) is 0.200. The molecule has 3 nitrogen and oxygen atoms in total. The summed E-state index contributed by atoms with van der Waals surface area (Å²) in [5.41, 5.74) is 1.72. The number of hydrogen-bond acceptors (Lipinski definition) is 3. The zero-order valence-corrected chi connectivity index (χ0v) is 14.1. The first-order valence-corrected chi connectivity index (χ1v) is 7.99. The fourth-order valence-electron chi connectivity index (χ4n) is 2.07. The number of anilines is 1. The van der Waals surface area contributed by atoms with Crippen molar-refractivity contribution in [3.8, 4) is 11.5 Å². The van der Waals surface area contributed by atoms with Crippen LogP contribution in [0, 0.1) is 5.82 Å². The number of fused-ring (bicyclic) bond motifs is 1. The maximum atomic E-state index is 13.3. The Kier molecular flexibility index (Phi) is 4.35. The minimum Gasteiger partial charge on any atom is -0.486 e. The lowest BCUT2D eigenvalue weighted by Gasteiger charge is -2.20. The van der Waals surface area contributed by atoms with Gasteiger partial charge < -0.3 is 14.8 Å². The van der Waals surface area contributed by atoms with Gasteiger partial charge in [0.15, 0.2) is 11.5 Å². The summed E-state index contributed by atoms with van der Waals surface area (Å²) in [4.78, 5) is 0. The van der Waals surface area contributed by atoms with E-state index in [9.17, 15) is 4.39 Å². The third-order valence-corrected chi connectivity index (χ3v) is 4.54. The molecule has 0 fully saturated rings. The van der Waals surface area contributed by atoms with Crippen molar-refractivity contribution in [2.75, 3.05) is 18.5 Å². The van der Waals surface area contributed by atoms with Gasteiger partial charge in [0.05, 0.1) is 5.69 Å². The Hall–Kier alpha value is -1.27. The van der Waals surface area contributed by atoms with Crippen LogP contribution in [0.15, 0.2) is 39.3 Å². The molecule has 0 unspecified atom stereocenters. The van der Waals surface area contributed by atoms with Crippen molar-refractivity contribution >= 4 is 37.5 Å². The Labute approximate surface area is 138 Å². The molecule has 1 N–H and O–H groups in total. The number of ether oxygens (including phenoxy) is 2. The molecule has 0 saturated heterocycles. The summed E-state index contributed by atoms with van der Waals surface area (Å²) >= 11 is 6.92. The van der Waals surface area contributed by atoms with E-state index in [1.807, 2.05) is 12.1 Å². The van der Waals surface area contributed by atoms with Gasteiger partial charge >= 0.3 is 0 Å². The van der Waals surface area contributed by atoms with E-state index in [-0.39, 0.29) is 5.82 Å².